The van der Waals surface area contributed by atoms with Crippen LogP contribution in [0, 0.1) is 0 Å². The fourth-order valence-electron chi connectivity index (χ4n) is 1.91. The van der Waals surface area contributed by atoms with Crippen LogP contribution < -0.4 is 10.2 Å². The van der Waals surface area contributed by atoms with Gasteiger partial charge in [-0.1, -0.05) is 11.6 Å². The first-order valence-corrected chi connectivity index (χ1v) is 9.11. The first kappa shape index (κ1) is 19.1. The normalized spacial score (nSPS) is 10.8. The van der Waals surface area contributed by atoms with Gasteiger partial charge in [-0.2, -0.15) is 5.10 Å². The van der Waals surface area contributed by atoms with Gasteiger partial charge in [0, 0.05) is 22.1 Å². The molecule has 0 saturated carbocycles. The first-order chi connectivity index (χ1) is 12.1. The molecular weight excluding hydrogens is 360 g/mol. The van der Waals surface area contributed by atoms with Crippen molar-refractivity contribution in [1.82, 2.24) is 5.43 Å². The summed E-state index contributed by atoms with van der Waals surface area (Å²) in [6.45, 7) is 2.29. The maximum atomic E-state index is 11.8. The average Bonchev–Trinajstić information content (AvgIpc) is 2.60. The Kier molecular flexibility index (Phi) is 7.63. The minimum Gasteiger partial charge on any atom is -0.504 e. The second-order valence-corrected chi connectivity index (χ2v) is 6.61. The van der Waals surface area contributed by atoms with Crippen molar-refractivity contribution < 1.29 is 14.6 Å². The van der Waals surface area contributed by atoms with Crippen molar-refractivity contribution in [2.24, 2.45) is 5.10 Å². The molecule has 0 aromatic heterocycles. The van der Waals surface area contributed by atoms with E-state index < -0.39 is 0 Å². The summed E-state index contributed by atoms with van der Waals surface area (Å²) in [4.78, 5) is 12.8. The summed E-state index contributed by atoms with van der Waals surface area (Å²) in [5.74, 6) is 0.942. The summed E-state index contributed by atoms with van der Waals surface area (Å²) in [6, 6.07) is 12.4. The molecule has 0 aliphatic carbocycles. The highest BCUT2D eigenvalue weighted by molar-refractivity contribution is 7.99. The van der Waals surface area contributed by atoms with Gasteiger partial charge >= 0.3 is 0 Å². The molecule has 0 radical (unpaired) electrons. The average molecular weight is 379 g/mol. The molecule has 0 bridgehead atoms. The van der Waals surface area contributed by atoms with Crippen LogP contribution in [0.3, 0.4) is 0 Å². The zero-order valence-corrected chi connectivity index (χ0v) is 15.3. The predicted octanol–water partition coefficient (Wildman–Crippen LogP) is 4.08. The largest absolute Gasteiger partial charge is 0.504 e. The lowest BCUT2D eigenvalue weighted by Crippen LogP contribution is -2.17. The van der Waals surface area contributed by atoms with Crippen molar-refractivity contribution in [3.63, 3.8) is 0 Å². The van der Waals surface area contributed by atoms with E-state index in [0.717, 1.165) is 10.5 Å². The van der Waals surface area contributed by atoms with E-state index in [0.29, 0.717) is 29.6 Å². The number of phenolic OH excluding ortho intramolecular Hbond substituents is 1. The SMILES string of the molecule is CCOc1cc(/C=N\NC(=O)CCSc2ccc(Cl)cc2)ccc1O. The number of hydrogen-bond acceptors (Lipinski definition) is 5. The van der Waals surface area contributed by atoms with Crippen LogP contribution in [0.2, 0.25) is 5.02 Å². The number of nitrogens with zero attached hydrogens (tertiary/aromatic N) is 1. The molecule has 2 N–H and O–H groups in total. The number of aromatic hydroxyl groups is 1. The highest BCUT2D eigenvalue weighted by Crippen LogP contribution is 2.26. The summed E-state index contributed by atoms with van der Waals surface area (Å²) in [7, 11) is 0. The Morgan fingerprint density at radius 2 is 2.08 bits per heavy atom. The third-order valence-electron chi connectivity index (χ3n) is 3.10. The molecule has 0 aliphatic rings. The second-order valence-electron chi connectivity index (χ2n) is 5.01. The molecule has 0 heterocycles. The van der Waals surface area contributed by atoms with E-state index in [1.165, 1.54) is 12.3 Å². The Morgan fingerprint density at radius 3 is 2.80 bits per heavy atom. The van der Waals surface area contributed by atoms with E-state index in [-0.39, 0.29) is 11.7 Å². The van der Waals surface area contributed by atoms with Crippen molar-refractivity contribution >= 4 is 35.5 Å². The lowest BCUT2D eigenvalue weighted by molar-refractivity contribution is -0.120. The van der Waals surface area contributed by atoms with E-state index in [1.807, 2.05) is 31.2 Å². The van der Waals surface area contributed by atoms with E-state index in [1.54, 1.807) is 23.9 Å². The first-order valence-electron chi connectivity index (χ1n) is 7.74. The number of hydrogen-bond donors (Lipinski definition) is 2. The molecule has 132 valence electrons. The third kappa shape index (κ3) is 6.68. The van der Waals surface area contributed by atoms with E-state index in [9.17, 15) is 9.90 Å². The number of carbonyl (C=O) groups is 1. The van der Waals surface area contributed by atoms with Crippen molar-refractivity contribution in [2.45, 2.75) is 18.2 Å². The monoisotopic (exact) mass is 378 g/mol. The number of rotatable bonds is 8. The molecule has 0 spiro atoms. The number of benzene rings is 2. The molecule has 0 fully saturated rings. The molecule has 2 rings (SSSR count). The van der Waals surface area contributed by atoms with Crippen molar-refractivity contribution in [2.75, 3.05) is 12.4 Å². The highest BCUT2D eigenvalue weighted by Gasteiger charge is 2.03. The van der Waals surface area contributed by atoms with Crippen LogP contribution in [0.25, 0.3) is 0 Å². The second kappa shape index (κ2) is 9.96. The minimum absolute atomic E-state index is 0.0715. The predicted molar refractivity (Wildman–Crippen MR) is 102 cm³/mol. The van der Waals surface area contributed by atoms with Crippen LogP contribution in [-0.2, 0) is 4.79 Å². The minimum atomic E-state index is -0.165. The Balaban J connectivity index is 1.76. The summed E-state index contributed by atoms with van der Waals surface area (Å²) in [5, 5.41) is 14.3. The van der Waals surface area contributed by atoms with Gasteiger partial charge in [-0.05, 0) is 55.0 Å². The van der Waals surface area contributed by atoms with Crippen LogP contribution in [0.15, 0.2) is 52.5 Å². The van der Waals surface area contributed by atoms with Gasteiger partial charge < -0.3 is 9.84 Å². The van der Waals surface area contributed by atoms with Gasteiger partial charge in [0.05, 0.1) is 12.8 Å². The van der Waals surface area contributed by atoms with Crippen molar-refractivity contribution in [1.29, 1.82) is 0 Å². The van der Waals surface area contributed by atoms with Crippen LogP contribution in [0.5, 0.6) is 11.5 Å². The molecular formula is C18H19ClN2O3S. The van der Waals surface area contributed by atoms with Crippen LogP contribution in [0.1, 0.15) is 18.9 Å². The van der Waals surface area contributed by atoms with Crippen LogP contribution >= 0.6 is 23.4 Å². The number of hydrazone groups is 1. The zero-order chi connectivity index (χ0) is 18.1. The van der Waals surface area contributed by atoms with Gasteiger partial charge in [0.2, 0.25) is 5.91 Å². The van der Waals surface area contributed by atoms with E-state index in [4.69, 9.17) is 16.3 Å². The Labute approximate surface area is 156 Å². The quantitative estimate of drug-likeness (QED) is 0.412. The summed E-state index contributed by atoms with van der Waals surface area (Å²) in [6.07, 6.45) is 1.86. The lowest BCUT2D eigenvalue weighted by atomic mass is 10.2. The number of carbonyl (C=O) groups excluding carboxylic acids is 1. The number of halogens is 1. The third-order valence-corrected chi connectivity index (χ3v) is 4.36. The van der Waals surface area contributed by atoms with Gasteiger partial charge in [-0.15, -0.1) is 11.8 Å². The number of ether oxygens (including phenoxy) is 1. The van der Waals surface area contributed by atoms with Crippen molar-refractivity contribution in [3.05, 3.63) is 53.1 Å². The molecule has 0 unspecified atom stereocenters. The molecule has 2 aromatic carbocycles. The molecule has 0 saturated heterocycles. The molecule has 1 amide bonds. The molecule has 0 aliphatic heterocycles. The maximum Gasteiger partial charge on any atom is 0.240 e. The molecule has 25 heavy (non-hydrogen) atoms. The van der Waals surface area contributed by atoms with Gasteiger partial charge in [-0.3, -0.25) is 4.79 Å². The smallest absolute Gasteiger partial charge is 0.240 e. The van der Waals surface area contributed by atoms with E-state index in [2.05, 4.69) is 10.5 Å². The van der Waals surface area contributed by atoms with E-state index >= 15 is 0 Å². The lowest BCUT2D eigenvalue weighted by Gasteiger charge is -2.06. The number of nitrogens with one attached hydrogen (secondary N) is 1. The summed E-state index contributed by atoms with van der Waals surface area (Å²) in [5.41, 5.74) is 3.20. The molecule has 2 aromatic rings. The van der Waals surface area contributed by atoms with Gasteiger partial charge in [0.15, 0.2) is 11.5 Å². The van der Waals surface area contributed by atoms with Gasteiger partial charge in [0.1, 0.15) is 0 Å². The molecule has 0 atom stereocenters. The van der Waals surface area contributed by atoms with Gasteiger partial charge in [0.25, 0.3) is 0 Å². The zero-order valence-electron chi connectivity index (χ0n) is 13.7. The maximum absolute atomic E-state index is 11.8. The number of phenols is 1. The number of thioether (sulfide) groups is 1. The standard InChI is InChI=1S/C18H19ClN2O3S/c1-2-24-17-11-13(3-8-16(17)22)12-20-21-18(23)9-10-25-15-6-4-14(19)5-7-15/h3-8,11-12,22H,2,9-10H2,1H3,(H,21,23)/b20-12-. The fourth-order valence-corrected chi connectivity index (χ4v) is 2.89. The highest BCUT2D eigenvalue weighted by atomic mass is 35.5. The van der Waals surface area contributed by atoms with Gasteiger partial charge in [-0.25, -0.2) is 5.43 Å². The Bertz CT molecular complexity index is 736. The fraction of sp³-hybridized carbons (Fsp3) is 0.222. The molecule has 7 heteroatoms. The summed E-state index contributed by atoms with van der Waals surface area (Å²) >= 11 is 7.41. The Morgan fingerprint density at radius 1 is 1.32 bits per heavy atom. The topological polar surface area (TPSA) is 70.9 Å². The van der Waals surface area contributed by atoms with Crippen LogP contribution in [0.4, 0.5) is 0 Å². The summed E-state index contributed by atoms with van der Waals surface area (Å²) < 4.78 is 5.30. The van der Waals surface area contributed by atoms with Crippen molar-refractivity contribution in [3.8, 4) is 11.5 Å². The number of amides is 1. The van der Waals surface area contributed by atoms with Crippen LogP contribution in [-0.4, -0.2) is 29.6 Å². The Hall–Kier alpha value is -2.18. The molecule has 5 nitrogen and oxygen atoms in total.